The first-order chi connectivity index (χ1) is 21.9. The van der Waals surface area contributed by atoms with E-state index in [-0.39, 0.29) is 12.4 Å². The summed E-state index contributed by atoms with van der Waals surface area (Å²) in [6, 6.07) is 12.6. The van der Waals surface area contributed by atoms with Crippen molar-refractivity contribution in [2.24, 2.45) is 0 Å². The fourth-order valence-corrected chi connectivity index (χ4v) is 4.77. The number of esters is 5. The Bertz CT molecular complexity index is 1370. The van der Waals surface area contributed by atoms with Crippen LogP contribution in [0.15, 0.2) is 42.5 Å². The van der Waals surface area contributed by atoms with Gasteiger partial charge in [-0.3, -0.25) is 24.0 Å². The molecule has 1 aliphatic heterocycles. The van der Waals surface area contributed by atoms with Crippen LogP contribution in [-0.4, -0.2) is 73.8 Å². The van der Waals surface area contributed by atoms with E-state index in [1.54, 1.807) is 18.2 Å². The fourth-order valence-electron chi connectivity index (χ4n) is 4.77. The number of hydrogen-bond donors (Lipinski definition) is 0. The van der Waals surface area contributed by atoms with Crippen LogP contribution in [0.5, 0.6) is 11.5 Å². The van der Waals surface area contributed by atoms with Crippen LogP contribution in [0.3, 0.4) is 0 Å². The summed E-state index contributed by atoms with van der Waals surface area (Å²) < 4.78 is 45.1. The van der Waals surface area contributed by atoms with Crippen LogP contribution in [-0.2, 0) is 65.4 Å². The Balaban J connectivity index is 2.07. The minimum absolute atomic E-state index is 0.0574. The third-order valence-corrected chi connectivity index (χ3v) is 6.63. The highest BCUT2D eigenvalue weighted by Gasteiger charge is 2.53. The van der Waals surface area contributed by atoms with Crippen molar-refractivity contribution in [2.45, 2.75) is 91.7 Å². The topological polar surface area (TPSA) is 159 Å². The second-order valence-electron chi connectivity index (χ2n) is 10.5. The van der Waals surface area contributed by atoms with Crippen LogP contribution in [0.1, 0.15) is 64.7 Å². The maximum atomic E-state index is 12.3. The van der Waals surface area contributed by atoms with Crippen LogP contribution in [0.25, 0.3) is 0 Å². The van der Waals surface area contributed by atoms with Gasteiger partial charge in [0.15, 0.2) is 12.2 Å². The van der Waals surface area contributed by atoms with Crippen molar-refractivity contribution in [3.63, 3.8) is 0 Å². The molecule has 1 fully saturated rings. The van der Waals surface area contributed by atoms with E-state index in [4.69, 9.17) is 37.9 Å². The number of benzene rings is 2. The van der Waals surface area contributed by atoms with E-state index in [2.05, 4.69) is 0 Å². The van der Waals surface area contributed by atoms with Crippen LogP contribution in [0.4, 0.5) is 0 Å². The zero-order valence-corrected chi connectivity index (χ0v) is 26.8. The average Bonchev–Trinajstić information content (AvgIpc) is 2.98. The van der Waals surface area contributed by atoms with Crippen LogP contribution in [0, 0.1) is 0 Å². The van der Waals surface area contributed by atoms with Gasteiger partial charge < -0.3 is 37.9 Å². The lowest BCUT2D eigenvalue weighted by molar-refractivity contribution is -0.288. The van der Waals surface area contributed by atoms with E-state index >= 15 is 0 Å². The molecule has 13 nitrogen and oxygen atoms in total. The van der Waals surface area contributed by atoms with Gasteiger partial charge in [0, 0.05) is 46.6 Å². The van der Waals surface area contributed by atoms with Crippen LogP contribution < -0.4 is 9.47 Å². The van der Waals surface area contributed by atoms with Gasteiger partial charge in [-0.15, -0.1) is 0 Å². The van der Waals surface area contributed by atoms with Gasteiger partial charge in [-0.1, -0.05) is 31.2 Å². The van der Waals surface area contributed by atoms with Gasteiger partial charge in [0.25, 0.3) is 0 Å². The second kappa shape index (κ2) is 17.2. The molecule has 0 aromatic heterocycles. The highest BCUT2D eigenvalue weighted by atomic mass is 16.7. The molecule has 0 unspecified atom stereocenters. The van der Waals surface area contributed by atoms with E-state index in [1.807, 2.05) is 31.2 Å². The zero-order chi connectivity index (χ0) is 33.8. The highest BCUT2D eigenvalue weighted by molar-refractivity contribution is 5.69. The van der Waals surface area contributed by atoms with E-state index < -0.39 is 67.2 Å². The second-order valence-corrected chi connectivity index (χ2v) is 10.5. The number of rotatable bonds is 14. The van der Waals surface area contributed by atoms with Gasteiger partial charge in [0.2, 0.25) is 12.4 Å². The van der Waals surface area contributed by atoms with Gasteiger partial charge in [-0.2, -0.15) is 0 Å². The molecule has 250 valence electrons. The summed E-state index contributed by atoms with van der Waals surface area (Å²) in [5, 5.41) is 0. The first-order valence-corrected chi connectivity index (χ1v) is 14.8. The molecule has 0 aliphatic carbocycles. The molecule has 1 heterocycles. The van der Waals surface area contributed by atoms with Gasteiger partial charge in [-0.05, 0) is 35.7 Å². The number of hydrogen-bond acceptors (Lipinski definition) is 13. The van der Waals surface area contributed by atoms with Gasteiger partial charge in [-0.25, -0.2) is 0 Å². The Labute approximate surface area is 267 Å². The smallest absolute Gasteiger partial charge is 0.303 e. The maximum Gasteiger partial charge on any atom is 0.303 e. The fraction of sp³-hybridized carbons (Fsp3) is 0.485. The SMILES string of the molecule is CCCOc1ccc(Cc2c(COC(C)=O)cccc2O[C@@H]2O[C@H](COC(C)=O)[C@@H](OC(C)=O)[C@H](OC(C)=O)[C@H]2OC(C)=O)cc1. The molecule has 0 saturated carbocycles. The maximum absolute atomic E-state index is 12.3. The van der Waals surface area contributed by atoms with Crippen molar-refractivity contribution in [3.8, 4) is 11.5 Å². The highest BCUT2D eigenvalue weighted by Crippen LogP contribution is 2.34. The Morgan fingerprint density at radius 1 is 0.717 bits per heavy atom. The lowest BCUT2D eigenvalue weighted by Gasteiger charge is -2.44. The number of carbonyl (C=O) groups is 5. The summed E-state index contributed by atoms with van der Waals surface area (Å²) in [7, 11) is 0. The molecule has 0 amide bonds. The van der Waals surface area contributed by atoms with Gasteiger partial charge >= 0.3 is 29.8 Å². The molecular weight excluding hydrogens is 604 g/mol. The normalized spacial score (nSPS) is 20.5. The number of ether oxygens (including phenoxy) is 8. The summed E-state index contributed by atoms with van der Waals surface area (Å²) >= 11 is 0. The molecule has 1 aliphatic rings. The average molecular weight is 645 g/mol. The van der Waals surface area contributed by atoms with Gasteiger partial charge in [0.1, 0.15) is 30.8 Å². The Kier molecular flexibility index (Phi) is 13.4. The van der Waals surface area contributed by atoms with Crippen molar-refractivity contribution >= 4 is 29.8 Å². The predicted octanol–water partition coefficient (Wildman–Crippen LogP) is 3.59. The summed E-state index contributed by atoms with van der Waals surface area (Å²) in [4.78, 5) is 59.9. The first kappa shape index (κ1) is 35.8. The predicted molar refractivity (Wildman–Crippen MR) is 160 cm³/mol. The standard InChI is InChI=1S/C33H40O13/c1-7-15-39-26-13-11-24(12-14-26)16-27-25(17-40-19(2)34)9-8-10-28(27)45-33-32(44-23(6)38)31(43-22(5)37)30(42-21(4)36)29(46-33)18-41-20(3)35/h8-14,29-33H,7,15-18H2,1-6H3/t29-,30-,31+,32-,33-/m1/s1. The minimum atomic E-state index is -1.44. The quantitative estimate of drug-likeness (QED) is 0.217. The first-order valence-electron chi connectivity index (χ1n) is 14.8. The molecular formula is C33H40O13. The molecule has 1 saturated heterocycles. The zero-order valence-electron chi connectivity index (χ0n) is 26.8. The number of carbonyl (C=O) groups excluding carboxylic acids is 5. The summed E-state index contributed by atoms with van der Waals surface area (Å²) in [6.07, 6.45) is -5.57. The van der Waals surface area contributed by atoms with Crippen molar-refractivity contribution < 1.29 is 61.9 Å². The van der Waals surface area contributed by atoms with Crippen molar-refractivity contribution in [1.29, 1.82) is 0 Å². The minimum Gasteiger partial charge on any atom is -0.494 e. The van der Waals surface area contributed by atoms with E-state index in [1.165, 1.54) is 13.8 Å². The van der Waals surface area contributed by atoms with E-state index in [0.717, 1.165) is 32.8 Å². The third-order valence-electron chi connectivity index (χ3n) is 6.63. The van der Waals surface area contributed by atoms with Crippen LogP contribution >= 0.6 is 0 Å². The summed E-state index contributed by atoms with van der Waals surface area (Å²) in [6.45, 7) is 8.05. The Morgan fingerprint density at radius 3 is 1.91 bits per heavy atom. The molecule has 46 heavy (non-hydrogen) atoms. The molecule has 2 aromatic rings. The molecule has 0 spiro atoms. The molecule has 0 N–H and O–H groups in total. The van der Waals surface area contributed by atoms with Gasteiger partial charge in [0.05, 0.1) is 6.61 Å². The Morgan fingerprint density at radius 2 is 1.33 bits per heavy atom. The van der Waals surface area contributed by atoms with Crippen molar-refractivity contribution in [2.75, 3.05) is 13.2 Å². The van der Waals surface area contributed by atoms with E-state index in [9.17, 15) is 24.0 Å². The van der Waals surface area contributed by atoms with E-state index in [0.29, 0.717) is 29.9 Å². The van der Waals surface area contributed by atoms with Crippen LogP contribution in [0.2, 0.25) is 0 Å². The monoisotopic (exact) mass is 644 g/mol. The lowest BCUT2D eigenvalue weighted by atomic mass is 9.97. The third kappa shape index (κ3) is 10.8. The van der Waals surface area contributed by atoms with Crippen molar-refractivity contribution in [3.05, 3.63) is 59.2 Å². The molecule has 0 radical (unpaired) electrons. The molecule has 5 atom stereocenters. The van der Waals surface area contributed by atoms with Crippen molar-refractivity contribution in [1.82, 2.24) is 0 Å². The summed E-state index contributed by atoms with van der Waals surface area (Å²) in [5.74, 6) is -2.39. The molecule has 2 aromatic carbocycles. The molecule has 3 rings (SSSR count). The molecule has 13 heteroatoms. The Hall–Kier alpha value is -4.65. The largest absolute Gasteiger partial charge is 0.494 e. The lowest BCUT2D eigenvalue weighted by Crippen LogP contribution is -2.63. The summed E-state index contributed by atoms with van der Waals surface area (Å²) in [5.41, 5.74) is 2.13. The molecule has 0 bridgehead atoms.